The van der Waals surface area contributed by atoms with Gasteiger partial charge in [0.2, 0.25) is 0 Å². The van der Waals surface area contributed by atoms with Gasteiger partial charge in [-0.25, -0.2) is 0 Å². The van der Waals surface area contributed by atoms with Gasteiger partial charge in [0.25, 0.3) is 0 Å². The molecule has 22 heavy (non-hydrogen) atoms. The molecular formula is C12H30O6Si4. The van der Waals surface area contributed by atoms with Crippen molar-refractivity contribution in [2.45, 2.75) is 78.9 Å². The smallest absolute Gasteiger partial charge is 0.414 e. The van der Waals surface area contributed by atoms with Gasteiger partial charge >= 0.3 is 36.2 Å². The van der Waals surface area contributed by atoms with Gasteiger partial charge in [0.1, 0.15) is 0 Å². The Bertz CT molecular complexity index is 322. The topological polar surface area (TPSA) is 55.4 Å². The van der Waals surface area contributed by atoms with Crippen molar-refractivity contribution < 1.29 is 25.3 Å². The summed E-state index contributed by atoms with van der Waals surface area (Å²) in [5.74, 6) is 0. The van der Waals surface area contributed by atoms with Crippen LogP contribution in [0, 0.1) is 0 Å². The summed E-state index contributed by atoms with van der Waals surface area (Å²) in [5.41, 5.74) is 0. The molecule has 6 nitrogen and oxygen atoms in total. The van der Waals surface area contributed by atoms with Crippen molar-refractivity contribution in [1.29, 1.82) is 0 Å². The van der Waals surface area contributed by atoms with Crippen LogP contribution in [0.25, 0.3) is 0 Å². The average Bonchev–Trinajstić information content (AvgIpc) is 2.34. The van der Waals surface area contributed by atoms with Gasteiger partial charge in [-0.1, -0.05) is 13.8 Å². The highest BCUT2D eigenvalue weighted by Gasteiger charge is 2.53. The third-order valence-corrected chi connectivity index (χ3v) is 15.5. The molecule has 4 unspecified atom stereocenters. The minimum Gasteiger partial charge on any atom is -0.414 e. The minimum atomic E-state index is -2.86. The molecule has 1 rings (SSSR count). The monoisotopic (exact) mass is 382 g/mol. The summed E-state index contributed by atoms with van der Waals surface area (Å²) < 4.78 is 36.6. The maximum absolute atomic E-state index is 6.31. The van der Waals surface area contributed by atoms with Crippen molar-refractivity contribution in [2.75, 3.05) is 0 Å². The molecule has 130 valence electrons. The molecule has 1 fully saturated rings. The molecule has 0 aromatic rings. The van der Waals surface area contributed by atoms with E-state index in [9.17, 15) is 0 Å². The van der Waals surface area contributed by atoms with E-state index in [0.717, 1.165) is 12.8 Å². The highest BCUT2D eigenvalue weighted by Crippen LogP contribution is 2.27. The summed E-state index contributed by atoms with van der Waals surface area (Å²) in [4.78, 5) is 0. The molecule has 0 N–H and O–H groups in total. The highest BCUT2D eigenvalue weighted by molar-refractivity contribution is 6.82. The molecule has 0 aromatic carbocycles. The summed E-state index contributed by atoms with van der Waals surface area (Å²) >= 11 is 0. The third-order valence-electron chi connectivity index (χ3n) is 3.30. The van der Waals surface area contributed by atoms with Crippen molar-refractivity contribution in [2.24, 2.45) is 0 Å². The summed E-state index contributed by atoms with van der Waals surface area (Å²) in [5, 5.41) is 0. The lowest BCUT2D eigenvalue weighted by atomic mass is 10.3. The largest absolute Gasteiger partial charge is 0.481 e. The fourth-order valence-corrected chi connectivity index (χ4v) is 15.4. The maximum Gasteiger partial charge on any atom is 0.481 e. The van der Waals surface area contributed by atoms with Crippen LogP contribution in [0.5, 0.6) is 0 Å². The van der Waals surface area contributed by atoms with Crippen LogP contribution in [-0.2, 0) is 25.3 Å². The van der Waals surface area contributed by atoms with Crippen molar-refractivity contribution in [3.05, 3.63) is 0 Å². The molecule has 0 saturated carbocycles. The van der Waals surface area contributed by atoms with E-state index in [1.807, 2.05) is 40.0 Å². The molecule has 1 aliphatic rings. The highest BCUT2D eigenvalue weighted by atomic mass is 28.5. The maximum atomic E-state index is 6.31. The number of hydrogen-bond acceptors (Lipinski definition) is 6. The lowest BCUT2D eigenvalue weighted by molar-refractivity contribution is 0.0474. The second kappa shape index (κ2) is 8.64. The van der Waals surface area contributed by atoms with Crippen LogP contribution in [0.15, 0.2) is 0 Å². The second-order valence-electron chi connectivity index (χ2n) is 5.79. The van der Waals surface area contributed by atoms with Crippen molar-refractivity contribution in [3.63, 3.8) is 0 Å². The molecular weight excluding hydrogens is 352 g/mol. The number of rotatable bonds is 6. The Hall–Kier alpha value is 0.628. The van der Waals surface area contributed by atoms with Gasteiger partial charge < -0.3 is 25.3 Å². The minimum absolute atomic E-state index is 0.0687. The van der Waals surface area contributed by atoms with Gasteiger partial charge in [0.15, 0.2) is 0 Å². The van der Waals surface area contributed by atoms with Crippen molar-refractivity contribution in [3.8, 4) is 0 Å². The molecule has 0 bridgehead atoms. The Morgan fingerprint density at radius 3 is 1.55 bits per heavy atom. The predicted molar refractivity (Wildman–Crippen MR) is 92.5 cm³/mol. The van der Waals surface area contributed by atoms with E-state index in [1.54, 1.807) is 0 Å². The van der Waals surface area contributed by atoms with Crippen LogP contribution in [0.2, 0.25) is 26.2 Å². The van der Waals surface area contributed by atoms with E-state index in [-0.39, 0.29) is 12.2 Å². The summed E-state index contributed by atoms with van der Waals surface area (Å²) in [6.45, 7) is 15.9. The molecule has 1 saturated heterocycles. The Balaban J connectivity index is 2.95. The summed E-state index contributed by atoms with van der Waals surface area (Å²) in [7, 11) is -8.61. The van der Waals surface area contributed by atoms with Crippen LogP contribution in [-0.4, -0.2) is 48.4 Å². The first kappa shape index (κ1) is 20.7. The first-order valence-electron chi connectivity index (χ1n) is 7.90. The molecule has 0 spiro atoms. The Labute approximate surface area is 140 Å². The number of hydrogen-bond donors (Lipinski definition) is 0. The van der Waals surface area contributed by atoms with E-state index in [0.29, 0.717) is 0 Å². The normalized spacial score (nSPS) is 34.9. The Morgan fingerprint density at radius 2 is 1.23 bits per heavy atom. The zero-order valence-corrected chi connectivity index (χ0v) is 19.0. The van der Waals surface area contributed by atoms with Gasteiger partial charge in [0, 0.05) is 25.3 Å². The van der Waals surface area contributed by atoms with E-state index in [4.69, 9.17) is 25.3 Å². The zero-order valence-electron chi connectivity index (χ0n) is 15.0. The molecule has 10 heteroatoms. The fourth-order valence-electron chi connectivity index (χ4n) is 2.14. The first-order chi connectivity index (χ1) is 10.1. The van der Waals surface area contributed by atoms with Gasteiger partial charge in [-0.05, 0) is 39.8 Å². The summed E-state index contributed by atoms with van der Waals surface area (Å²) in [6.07, 6.45) is 1.94. The van der Waals surface area contributed by atoms with Crippen LogP contribution in [0.3, 0.4) is 0 Å². The second-order valence-corrected chi connectivity index (χ2v) is 14.9. The molecule has 1 aliphatic heterocycles. The molecule has 0 aliphatic carbocycles. The molecule has 0 amide bonds. The van der Waals surface area contributed by atoms with E-state index >= 15 is 0 Å². The van der Waals surface area contributed by atoms with Gasteiger partial charge in [-0.15, -0.1) is 0 Å². The van der Waals surface area contributed by atoms with Crippen LogP contribution < -0.4 is 0 Å². The fraction of sp³-hybridized carbons (Fsp3) is 1.00. The van der Waals surface area contributed by atoms with Gasteiger partial charge in [-0.3, -0.25) is 0 Å². The average molecular weight is 383 g/mol. The Kier molecular flexibility index (Phi) is 8.12. The van der Waals surface area contributed by atoms with Crippen molar-refractivity contribution >= 4 is 36.2 Å². The van der Waals surface area contributed by atoms with E-state index < -0.39 is 36.2 Å². The van der Waals surface area contributed by atoms with Crippen LogP contribution >= 0.6 is 0 Å². The van der Waals surface area contributed by atoms with Crippen molar-refractivity contribution in [1.82, 2.24) is 0 Å². The van der Waals surface area contributed by atoms with Crippen LogP contribution in [0.4, 0.5) is 0 Å². The molecule has 2 radical (unpaired) electrons. The predicted octanol–water partition coefficient (Wildman–Crippen LogP) is 3.07. The van der Waals surface area contributed by atoms with E-state index in [2.05, 4.69) is 13.8 Å². The van der Waals surface area contributed by atoms with Gasteiger partial charge in [0.05, 0.1) is 0 Å². The third kappa shape index (κ3) is 6.63. The van der Waals surface area contributed by atoms with E-state index in [1.165, 1.54) is 0 Å². The quantitative estimate of drug-likeness (QED) is 0.658. The lowest BCUT2D eigenvalue weighted by Crippen LogP contribution is -2.63. The molecule has 1 heterocycles. The lowest BCUT2D eigenvalue weighted by Gasteiger charge is -2.41. The Morgan fingerprint density at radius 1 is 0.864 bits per heavy atom. The van der Waals surface area contributed by atoms with Gasteiger partial charge in [-0.2, -0.15) is 0 Å². The first-order valence-corrected chi connectivity index (χ1v) is 16.0. The standard InChI is InChI=1S/C12H30O6Si4/c1-9-11(3)13-21(7)16-19(5)15-20(6)17-22(8,18-21)14-12(4)10-2/h11-12H,9-10H2,1-8H3. The molecule has 0 aromatic heterocycles. The van der Waals surface area contributed by atoms with Crippen LogP contribution in [0.1, 0.15) is 40.5 Å². The SMILES string of the molecule is CCC(C)O[Si]1(C)O[Si](C)O[Si](C)O[Si](C)(OC(C)CC)O1. The summed E-state index contributed by atoms with van der Waals surface area (Å²) in [6, 6.07) is 0. The molecule has 4 atom stereocenters. The zero-order chi connectivity index (χ0) is 17.0.